The average Bonchev–Trinajstić information content (AvgIpc) is 2.34. The Morgan fingerprint density at radius 3 is 2.88 bits per heavy atom. The summed E-state index contributed by atoms with van der Waals surface area (Å²) in [5.74, 6) is 0.830. The molecular weight excluding hydrogens is 234 g/mol. The van der Waals surface area contributed by atoms with Gasteiger partial charge in [0, 0.05) is 11.5 Å². The molecule has 0 bridgehead atoms. The first kappa shape index (κ1) is 12.2. The number of nitrogens with zero attached hydrogens (tertiary/aromatic N) is 1. The van der Waals surface area contributed by atoms with E-state index in [0.717, 1.165) is 29.7 Å². The fourth-order valence-corrected chi connectivity index (χ4v) is 1.96. The van der Waals surface area contributed by atoms with Crippen molar-refractivity contribution in [2.75, 3.05) is 6.61 Å². The van der Waals surface area contributed by atoms with Crippen LogP contribution in [0.4, 0.5) is 0 Å². The molecule has 3 heteroatoms. The molecule has 1 heterocycles. The van der Waals surface area contributed by atoms with E-state index in [1.807, 2.05) is 24.3 Å². The first-order chi connectivity index (χ1) is 8.31. The Kier molecular flexibility index (Phi) is 4.21. The topological polar surface area (TPSA) is 22.1 Å². The summed E-state index contributed by atoms with van der Waals surface area (Å²) in [6.07, 6.45) is 3.46. The first-order valence-corrected chi connectivity index (χ1v) is 6.37. The minimum atomic E-state index is 0.481. The number of fused-ring (bicyclic) bond motifs is 1. The molecule has 0 aliphatic heterocycles. The quantitative estimate of drug-likeness (QED) is 0.577. The number of aromatic nitrogens is 1. The van der Waals surface area contributed by atoms with Crippen molar-refractivity contribution in [3.63, 3.8) is 0 Å². The highest BCUT2D eigenvalue weighted by Crippen LogP contribution is 2.27. The molecule has 0 saturated heterocycles. The van der Waals surface area contributed by atoms with Crippen LogP contribution >= 0.6 is 11.6 Å². The van der Waals surface area contributed by atoms with Crippen LogP contribution in [0.15, 0.2) is 30.3 Å². The molecule has 2 nitrogen and oxygen atoms in total. The molecule has 2 aromatic rings. The summed E-state index contributed by atoms with van der Waals surface area (Å²) < 4.78 is 5.78. The maximum Gasteiger partial charge on any atom is 0.133 e. The van der Waals surface area contributed by atoms with Gasteiger partial charge in [0.1, 0.15) is 10.9 Å². The van der Waals surface area contributed by atoms with E-state index in [1.54, 1.807) is 6.07 Å². The molecule has 0 N–H and O–H groups in total. The minimum absolute atomic E-state index is 0.481. The lowest BCUT2D eigenvalue weighted by atomic mass is 10.2. The van der Waals surface area contributed by atoms with Crippen molar-refractivity contribution in [1.82, 2.24) is 4.98 Å². The van der Waals surface area contributed by atoms with Gasteiger partial charge in [0.05, 0.1) is 12.1 Å². The third-order valence-corrected chi connectivity index (χ3v) is 2.85. The molecule has 17 heavy (non-hydrogen) atoms. The number of hydrogen-bond donors (Lipinski definition) is 0. The smallest absolute Gasteiger partial charge is 0.133 e. The maximum absolute atomic E-state index is 5.97. The van der Waals surface area contributed by atoms with E-state index in [0.29, 0.717) is 5.15 Å². The SMILES string of the molecule is CCCCCOc1cc(Cl)nc2ccccc12. The van der Waals surface area contributed by atoms with E-state index in [1.165, 1.54) is 12.8 Å². The molecule has 90 valence electrons. The third-order valence-electron chi connectivity index (χ3n) is 2.65. The number of ether oxygens (including phenoxy) is 1. The van der Waals surface area contributed by atoms with E-state index < -0.39 is 0 Å². The van der Waals surface area contributed by atoms with Gasteiger partial charge >= 0.3 is 0 Å². The number of pyridine rings is 1. The first-order valence-electron chi connectivity index (χ1n) is 5.99. The predicted octanol–water partition coefficient (Wildman–Crippen LogP) is 4.46. The van der Waals surface area contributed by atoms with Gasteiger partial charge in [-0.25, -0.2) is 4.98 Å². The van der Waals surface area contributed by atoms with Gasteiger partial charge in [0.25, 0.3) is 0 Å². The van der Waals surface area contributed by atoms with Crippen molar-refractivity contribution >= 4 is 22.5 Å². The predicted molar refractivity (Wildman–Crippen MR) is 71.8 cm³/mol. The summed E-state index contributed by atoms with van der Waals surface area (Å²) in [4.78, 5) is 4.27. The summed E-state index contributed by atoms with van der Waals surface area (Å²) in [7, 11) is 0. The average molecular weight is 250 g/mol. The Bertz CT molecular complexity index is 499. The van der Waals surface area contributed by atoms with Crippen molar-refractivity contribution in [1.29, 1.82) is 0 Å². The summed E-state index contributed by atoms with van der Waals surface area (Å²) >= 11 is 5.97. The van der Waals surface area contributed by atoms with Crippen LogP contribution in [0.3, 0.4) is 0 Å². The molecule has 0 amide bonds. The van der Waals surface area contributed by atoms with Crippen molar-refractivity contribution in [2.24, 2.45) is 0 Å². The molecule has 0 aliphatic rings. The summed E-state index contributed by atoms with van der Waals surface area (Å²) in [5.41, 5.74) is 0.880. The Labute approximate surface area is 107 Å². The lowest BCUT2D eigenvalue weighted by Gasteiger charge is -2.09. The lowest BCUT2D eigenvalue weighted by molar-refractivity contribution is 0.309. The molecule has 0 fully saturated rings. The molecule has 0 radical (unpaired) electrons. The number of rotatable bonds is 5. The molecule has 0 unspecified atom stereocenters. The number of halogens is 1. The Balaban J connectivity index is 2.20. The fourth-order valence-electron chi connectivity index (χ4n) is 1.77. The van der Waals surface area contributed by atoms with Crippen molar-refractivity contribution in [3.05, 3.63) is 35.5 Å². The molecule has 0 atom stereocenters. The summed E-state index contributed by atoms with van der Waals surface area (Å²) in [5, 5.41) is 1.50. The van der Waals surface area contributed by atoms with Gasteiger partial charge in [-0.3, -0.25) is 0 Å². The second kappa shape index (κ2) is 5.87. The van der Waals surface area contributed by atoms with Crippen molar-refractivity contribution < 1.29 is 4.74 Å². The van der Waals surface area contributed by atoms with Gasteiger partial charge in [-0.1, -0.05) is 43.5 Å². The van der Waals surface area contributed by atoms with Gasteiger partial charge in [-0.2, -0.15) is 0 Å². The Morgan fingerprint density at radius 1 is 1.24 bits per heavy atom. The summed E-state index contributed by atoms with van der Waals surface area (Å²) in [6.45, 7) is 2.91. The van der Waals surface area contributed by atoms with Crippen LogP contribution in [0.2, 0.25) is 5.15 Å². The zero-order chi connectivity index (χ0) is 12.1. The van der Waals surface area contributed by atoms with Gasteiger partial charge in [-0.05, 0) is 18.6 Å². The van der Waals surface area contributed by atoms with Crippen LogP contribution in [0.1, 0.15) is 26.2 Å². The zero-order valence-electron chi connectivity index (χ0n) is 9.95. The second-order valence-corrected chi connectivity index (χ2v) is 4.40. The van der Waals surface area contributed by atoms with E-state index in [9.17, 15) is 0 Å². The van der Waals surface area contributed by atoms with Gasteiger partial charge < -0.3 is 4.74 Å². The highest BCUT2D eigenvalue weighted by atomic mass is 35.5. The normalized spacial score (nSPS) is 10.7. The van der Waals surface area contributed by atoms with Gasteiger partial charge in [0.2, 0.25) is 0 Å². The Hall–Kier alpha value is -1.28. The number of benzene rings is 1. The standard InChI is InChI=1S/C14H16ClNO/c1-2-3-6-9-17-13-10-14(15)16-12-8-5-4-7-11(12)13/h4-5,7-8,10H,2-3,6,9H2,1H3. The van der Waals surface area contributed by atoms with Crippen LogP contribution in [-0.4, -0.2) is 11.6 Å². The zero-order valence-corrected chi connectivity index (χ0v) is 10.7. The molecule has 0 aliphatic carbocycles. The van der Waals surface area contributed by atoms with Crippen LogP contribution in [0.25, 0.3) is 10.9 Å². The monoisotopic (exact) mass is 249 g/mol. The van der Waals surface area contributed by atoms with Crippen LogP contribution in [0, 0.1) is 0 Å². The molecular formula is C14H16ClNO. The molecule has 1 aromatic carbocycles. The van der Waals surface area contributed by atoms with Crippen molar-refractivity contribution in [3.8, 4) is 5.75 Å². The summed E-state index contributed by atoms with van der Waals surface area (Å²) in [6, 6.07) is 9.67. The molecule has 2 rings (SSSR count). The van der Waals surface area contributed by atoms with Crippen molar-refractivity contribution in [2.45, 2.75) is 26.2 Å². The second-order valence-electron chi connectivity index (χ2n) is 4.02. The lowest BCUT2D eigenvalue weighted by Crippen LogP contribution is -1.98. The highest BCUT2D eigenvalue weighted by molar-refractivity contribution is 6.30. The highest BCUT2D eigenvalue weighted by Gasteiger charge is 2.05. The number of unbranched alkanes of at least 4 members (excludes halogenated alkanes) is 2. The van der Waals surface area contributed by atoms with E-state index >= 15 is 0 Å². The molecule has 0 spiro atoms. The van der Waals surface area contributed by atoms with E-state index in [2.05, 4.69) is 11.9 Å². The minimum Gasteiger partial charge on any atom is -0.493 e. The van der Waals surface area contributed by atoms with Gasteiger partial charge in [-0.15, -0.1) is 0 Å². The largest absolute Gasteiger partial charge is 0.493 e. The van der Waals surface area contributed by atoms with E-state index in [-0.39, 0.29) is 0 Å². The number of para-hydroxylation sites is 1. The van der Waals surface area contributed by atoms with Crippen LogP contribution < -0.4 is 4.74 Å². The van der Waals surface area contributed by atoms with Gasteiger partial charge in [0.15, 0.2) is 0 Å². The Morgan fingerprint density at radius 2 is 2.06 bits per heavy atom. The fraction of sp³-hybridized carbons (Fsp3) is 0.357. The van der Waals surface area contributed by atoms with Crippen LogP contribution in [-0.2, 0) is 0 Å². The molecule has 1 aromatic heterocycles. The number of hydrogen-bond acceptors (Lipinski definition) is 2. The van der Waals surface area contributed by atoms with Crippen LogP contribution in [0.5, 0.6) is 5.75 Å². The van der Waals surface area contributed by atoms with E-state index in [4.69, 9.17) is 16.3 Å². The molecule has 0 saturated carbocycles. The third kappa shape index (κ3) is 3.10. The maximum atomic E-state index is 5.97.